The van der Waals surface area contributed by atoms with Gasteiger partial charge in [-0.2, -0.15) is 10.2 Å². The van der Waals surface area contributed by atoms with Crippen molar-refractivity contribution >= 4 is 12.1 Å². The fraction of sp³-hybridized carbons (Fsp3) is 0.0800. The molecule has 6 nitrogen and oxygen atoms in total. The van der Waals surface area contributed by atoms with Crippen LogP contribution in [0.25, 0.3) is 11.3 Å². The Balaban J connectivity index is 1.30. The molecule has 0 aliphatic carbocycles. The number of nitrogens with one attached hydrogen (secondary N) is 2. The highest BCUT2D eigenvalue weighted by molar-refractivity contribution is 5.94. The quantitative estimate of drug-likeness (QED) is 0.342. The normalized spacial score (nSPS) is 10.9. The largest absolute Gasteiger partial charge is 0.489 e. The van der Waals surface area contributed by atoms with Gasteiger partial charge >= 0.3 is 0 Å². The topological polar surface area (TPSA) is 79.4 Å². The van der Waals surface area contributed by atoms with Crippen LogP contribution < -0.4 is 10.2 Å². The fourth-order valence-electron chi connectivity index (χ4n) is 2.93. The van der Waals surface area contributed by atoms with E-state index in [1.165, 1.54) is 5.56 Å². The van der Waals surface area contributed by atoms with Crippen LogP contribution in [0.15, 0.2) is 90.0 Å². The van der Waals surface area contributed by atoms with Crippen molar-refractivity contribution in [3.63, 3.8) is 0 Å². The van der Waals surface area contributed by atoms with E-state index in [0.717, 1.165) is 22.4 Å². The minimum atomic E-state index is -0.357. The predicted octanol–water partition coefficient (Wildman–Crippen LogP) is 4.73. The molecule has 0 saturated carbocycles. The Kier molecular flexibility index (Phi) is 6.18. The summed E-state index contributed by atoms with van der Waals surface area (Å²) in [7, 11) is 0. The van der Waals surface area contributed by atoms with E-state index >= 15 is 0 Å². The number of hydrogen-bond donors (Lipinski definition) is 2. The number of hydrogen-bond acceptors (Lipinski definition) is 4. The van der Waals surface area contributed by atoms with Crippen LogP contribution in [0.5, 0.6) is 5.75 Å². The van der Waals surface area contributed by atoms with E-state index in [4.69, 9.17) is 4.74 Å². The first kappa shape index (κ1) is 20.1. The monoisotopic (exact) mass is 410 g/mol. The van der Waals surface area contributed by atoms with Gasteiger partial charge in [0.15, 0.2) is 0 Å². The van der Waals surface area contributed by atoms with Gasteiger partial charge in [-0.05, 0) is 48.4 Å². The summed E-state index contributed by atoms with van der Waals surface area (Å²) in [4.78, 5) is 12.3. The smallest absolute Gasteiger partial charge is 0.289 e. The molecule has 0 unspecified atom stereocenters. The van der Waals surface area contributed by atoms with Gasteiger partial charge in [-0.1, -0.05) is 60.2 Å². The molecule has 0 fully saturated rings. The summed E-state index contributed by atoms with van der Waals surface area (Å²) in [5.41, 5.74) is 7.63. The number of amides is 1. The zero-order chi connectivity index (χ0) is 21.5. The zero-order valence-electron chi connectivity index (χ0n) is 17.1. The predicted molar refractivity (Wildman–Crippen MR) is 121 cm³/mol. The number of carbonyl (C=O) groups is 1. The van der Waals surface area contributed by atoms with Crippen LogP contribution in [-0.4, -0.2) is 22.3 Å². The third kappa shape index (κ3) is 5.45. The molecule has 154 valence electrons. The Morgan fingerprint density at radius 2 is 1.77 bits per heavy atom. The van der Waals surface area contributed by atoms with Gasteiger partial charge in [-0.15, -0.1) is 0 Å². The first-order chi connectivity index (χ1) is 15.2. The highest BCUT2D eigenvalue weighted by Crippen LogP contribution is 2.18. The summed E-state index contributed by atoms with van der Waals surface area (Å²) in [6.07, 6.45) is 1.58. The Morgan fingerprint density at radius 1 is 1.03 bits per heavy atom. The van der Waals surface area contributed by atoms with Gasteiger partial charge in [0, 0.05) is 5.56 Å². The molecule has 4 aromatic rings. The Hall–Kier alpha value is -4.19. The van der Waals surface area contributed by atoms with Crippen molar-refractivity contribution in [1.82, 2.24) is 15.6 Å². The number of benzene rings is 3. The number of nitrogens with zero attached hydrogens (tertiary/aromatic N) is 2. The number of hydrazone groups is 1. The molecule has 0 aliphatic rings. The highest BCUT2D eigenvalue weighted by Gasteiger charge is 2.10. The molecule has 6 heteroatoms. The van der Waals surface area contributed by atoms with Crippen molar-refractivity contribution in [2.45, 2.75) is 13.5 Å². The maximum Gasteiger partial charge on any atom is 0.289 e. The zero-order valence-corrected chi connectivity index (χ0v) is 17.1. The number of carbonyl (C=O) groups excluding carboxylic acids is 1. The van der Waals surface area contributed by atoms with E-state index in [-0.39, 0.29) is 5.91 Å². The average Bonchev–Trinajstić information content (AvgIpc) is 3.30. The van der Waals surface area contributed by atoms with Gasteiger partial charge in [0.2, 0.25) is 0 Å². The molecule has 1 heterocycles. The van der Waals surface area contributed by atoms with Crippen molar-refractivity contribution < 1.29 is 9.53 Å². The van der Waals surface area contributed by atoms with Crippen LogP contribution in [0.4, 0.5) is 0 Å². The van der Waals surface area contributed by atoms with Gasteiger partial charge in [-0.3, -0.25) is 9.89 Å². The van der Waals surface area contributed by atoms with Crippen LogP contribution in [0, 0.1) is 6.92 Å². The number of aromatic nitrogens is 2. The van der Waals surface area contributed by atoms with E-state index in [0.29, 0.717) is 18.0 Å². The molecule has 3 aromatic carbocycles. The molecule has 31 heavy (non-hydrogen) atoms. The van der Waals surface area contributed by atoms with Gasteiger partial charge < -0.3 is 4.74 Å². The lowest BCUT2D eigenvalue weighted by Crippen LogP contribution is -2.17. The van der Waals surface area contributed by atoms with E-state index in [2.05, 4.69) is 20.7 Å². The van der Waals surface area contributed by atoms with Gasteiger partial charge in [0.05, 0.1) is 11.9 Å². The van der Waals surface area contributed by atoms with Crippen LogP contribution in [0.2, 0.25) is 0 Å². The molecular weight excluding hydrogens is 388 g/mol. The third-order valence-corrected chi connectivity index (χ3v) is 4.68. The summed E-state index contributed by atoms with van der Waals surface area (Å²) in [6, 6.07) is 27.1. The molecule has 1 aromatic heterocycles. The molecular formula is C25H22N4O2. The van der Waals surface area contributed by atoms with Crippen molar-refractivity contribution in [2.24, 2.45) is 5.10 Å². The summed E-state index contributed by atoms with van der Waals surface area (Å²) >= 11 is 0. The molecule has 0 bridgehead atoms. The average molecular weight is 410 g/mol. The van der Waals surface area contributed by atoms with Crippen molar-refractivity contribution in [3.8, 4) is 17.0 Å². The maximum absolute atomic E-state index is 12.3. The van der Waals surface area contributed by atoms with Crippen molar-refractivity contribution in [1.29, 1.82) is 0 Å². The van der Waals surface area contributed by atoms with Gasteiger partial charge in [0.1, 0.15) is 18.1 Å². The molecule has 1 amide bonds. The summed E-state index contributed by atoms with van der Waals surface area (Å²) in [5, 5.41) is 11.0. The second-order valence-corrected chi connectivity index (χ2v) is 7.08. The summed E-state index contributed by atoms with van der Waals surface area (Å²) in [5.74, 6) is 0.413. The van der Waals surface area contributed by atoms with Crippen LogP contribution in [-0.2, 0) is 6.61 Å². The first-order valence-corrected chi connectivity index (χ1v) is 9.90. The molecule has 0 aliphatic heterocycles. The lowest BCUT2D eigenvalue weighted by molar-refractivity contribution is 0.0950. The van der Waals surface area contributed by atoms with Crippen LogP contribution >= 0.6 is 0 Å². The van der Waals surface area contributed by atoms with E-state index in [1.807, 2.05) is 85.8 Å². The van der Waals surface area contributed by atoms with Crippen molar-refractivity contribution in [2.75, 3.05) is 0 Å². The molecule has 2 N–H and O–H groups in total. The minimum absolute atomic E-state index is 0.345. The van der Waals surface area contributed by atoms with E-state index < -0.39 is 0 Å². The van der Waals surface area contributed by atoms with Crippen molar-refractivity contribution in [3.05, 3.63) is 107 Å². The van der Waals surface area contributed by atoms with E-state index in [1.54, 1.807) is 12.3 Å². The maximum atomic E-state index is 12.3. The number of H-pyrrole nitrogens is 1. The number of ether oxygens (including phenoxy) is 1. The van der Waals surface area contributed by atoms with Gasteiger partial charge in [0.25, 0.3) is 5.91 Å². The number of aryl methyl sites for hydroxylation is 1. The standard InChI is InChI=1S/C25H22N4O2/c1-18-7-11-21(12-8-18)23-15-24(28-27-23)25(30)29-26-16-19-9-13-22(14-10-19)31-17-20-5-3-2-4-6-20/h2-16H,17H2,1H3,(H,27,28)(H,29,30)/b26-16+. The first-order valence-electron chi connectivity index (χ1n) is 9.90. The number of aromatic amines is 1. The summed E-state index contributed by atoms with van der Waals surface area (Å²) < 4.78 is 5.77. The third-order valence-electron chi connectivity index (χ3n) is 4.68. The van der Waals surface area contributed by atoms with Crippen LogP contribution in [0.1, 0.15) is 27.2 Å². The van der Waals surface area contributed by atoms with Gasteiger partial charge in [-0.25, -0.2) is 5.43 Å². The molecule has 0 radical (unpaired) electrons. The minimum Gasteiger partial charge on any atom is -0.489 e. The molecule has 0 atom stereocenters. The van der Waals surface area contributed by atoms with Crippen LogP contribution in [0.3, 0.4) is 0 Å². The second-order valence-electron chi connectivity index (χ2n) is 7.08. The summed E-state index contributed by atoms with van der Waals surface area (Å²) in [6.45, 7) is 2.54. The Labute approximate surface area is 180 Å². The second kappa shape index (κ2) is 9.54. The Morgan fingerprint density at radius 3 is 2.52 bits per heavy atom. The molecule has 4 rings (SSSR count). The lowest BCUT2D eigenvalue weighted by Gasteiger charge is -2.06. The number of rotatable bonds is 7. The molecule has 0 spiro atoms. The highest BCUT2D eigenvalue weighted by atomic mass is 16.5. The van der Waals surface area contributed by atoms with E-state index in [9.17, 15) is 4.79 Å². The lowest BCUT2D eigenvalue weighted by atomic mass is 10.1. The fourth-order valence-corrected chi connectivity index (χ4v) is 2.93. The SMILES string of the molecule is Cc1ccc(-c2cc(C(=O)N/N=C/c3ccc(OCc4ccccc4)cc3)[nH]n2)cc1. The molecule has 0 saturated heterocycles. The Bertz CT molecular complexity index is 1160.